The third kappa shape index (κ3) is 9.69. The van der Waals surface area contributed by atoms with E-state index in [9.17, 15) is 18.4 Å². The van der Waals surface area contributed by atoms with Crippen LogP contribution in [0.15, 0.2) is 116 Å². The van der Waals surface area contributed by atoms with Gasteiger partial charge in [-0.2, -0.15) is 19.2 Å². The second-order valence-corrected chi connectivity index (χ2v) is 17.6. The maximum atomic E-state index is 13.9. The van der Waals surface area contributed by atoms with Crippen LogP contribution in [-0.4, -0.2) is 73.7 Å². The Morgan fingerprint density at radius 2 is 1.06 bits per heavy atom. The van der Waals surface area contributed by atoms with Crippen LogP contribution in [0.5, 0.6) is 0 Å². The fraction of sp³-hybridized carbons (Fsp3) is 0.280. The number of fused-ring (bicyclic) bond motifs is 2. The lowest BCUT2D eigenvalue weighted by molar-refractivity contribution is -0.146. The normalized spacial score (nSPS) is 19.0. The summed E-state index contributed by atoms with van der Waals surface area (Å²) in [5.41, 5.74) is 22.4. The van der Waals surface area contributed by atoms with Crippen LogP contribution in [0.1, 0.15) is 74.6 Å². The monoisotopic (exact) mass is 960 g/mol. The average molecular weight is 962 g/mol. The fourth-order valence-corrected chi connectivity index (χ4v) is 9.64. The number of nitrogens with two attached hydrogens (primary N) is 2. The quantitative estimate of drug-likeness (QED) is 0.101. The molecule has 2 atom stereocenters. The number of rotatable bonds is 10. The van der Waals surface area contributed by atoms with Crippen molar-refractivity contribution in [1.82, 2.24) is 39.2 Å². The zero-order valence-corrected chi connectivity index (χ0v) is 38.1. The Balaban J connectivity index is 0.000000181. The number of hydrogen-bond donors (Lipinski definition) is 4. The van der Waals surface area contributed by atoms with Gasteiger partial charge in [-0.25, -0.2) is 28.3 Å². The summed E-state index contributed by atoms with van der Waals surface area (Å²) < 4.78 is 31.0. The van der Waals surface area contributed by atoms with Gasteiger partial charge in [0.15, 0.2) is 23.6 Å². The minimum Gasteiger partial charge on any atom is -0.479 e. The molecule has 2 aliphatic rings. The first-order valence-corrected chi connectivity index (χ1v) is 22.6. The largest absolute Gasteiger partial charge is 0.479 e. The Morgan fingerprint density at radius 1 is 0.603 bits per heavy atom. The molecular weight excluding hydrogens is 914 g/mol. The van der Waals surface area contributed by atoms with Crippen molar-refractivity contribution in [3.05, 3.63) is 132 Å². The van der Waals surface area contributed by atoms with E-state index in [2.05, 4.69) is 20.2 Å². The lowest BCUT2D eigenvalue weighted by Gasteiger charge is -2.29. The van der Waals surface area contributed by atoms with Crippen molar-refractivity contribution in [3.8, 4) is 44.8 Å². The molecule has 2 saturated carbocycles. The van der Waals surface area contributed by atoms with Gasteiger partial charge in [0, 0.05) is 81.2 Å². The van der Waals surface area contributed by atoms with Crippen molar-refractivity contribution < 1.29 is 28.6 Å². The molecule has 350 valence electrons. The predicted octanol–water partition coefficient (Wildman–Crippen LogP) is 10.5. The van der Waals surface area contributed by atoms with Gasteiger partial charge in [0.25, 0.3) is 0 Å². The third-order valence-electron chi connectivity index (χ3n) is 13.1. The van der Waals surface area contributed by atoms with Crippen molar-refractivity contribution in [3.63, 3.8) is 0 Å². The van der Waals surface area contributed by atoms with E-state index in [0.717, 1.165) is 50.5 Å². The molecule has 0 amide bonds. The first kappa shape index (κ1) is 47.5. The van der Waals surface area contributed by atoms with E-state index in [4.69, 9.17) is 43.2 Å². The molecular formula is C50H48Cl2F2N10O4. The van der Waals surface area contributed by atoms with E-state index >= 15 is 0 Å². The predicted molar refractivity (Wildman–Crippen MR) is 259 cm³/mol. The summed E-state index contributed by atoms with van der Waals surface area (Å²) in [4.78, 5) is 40.9. The molecule has 0 bridgehead atoms. The Labute approximate surface area is 400 Å². The molecule has 8 aromatic rings. The maximum Gasteiger partial charge on any atom is 0.338 e. The molecule has 2 fully saturated rings. The van der Waals surface area contributed by atoms with Gasteiger partial charge in [-0.1, -0.05) is 84.4 Å². The number of nitrogens with zero attached hydrogens (tertiary/aromatic N) is 8. The number of carboxylic acid groups (broad SMARTS) is 2. The van der Waals surface area contributed by atoms with Crippen LogP contribution in [-0.2, 0) is 9.59 Å². The summed E-state index contributed by atoms with van der Waals surface area (Å²) in [6, 6.07) is 29.6. The summed E-state index contributed by atoms with van der Waals surface area (Å²) in [6.45, 7) is 0. The highest BCUT2D eigenvalue weighted by atomic mass is 35.5. The molecule has 0 saturated heterocycles. The molecule has 6 N–H and O–H groups in total. The molecule has 68 heavy (non-hydrogen) atoms. The van der Waals surface area contributed by atoms with Crippen molar-refractivity contribution in [2.45, 2.75) is 75.5 Å². The van der Waals surface area contributed by atoms with Gasteiger partial charge in [0.1, 0.15) is 16.7 Å². The number of anilines is 2. The van der Waals surface area contributed by atoms with Crippen LogP contribution in [0.2, 0.25) is 5.02 Å². The molecule has 2 unspecified atom stereocenters. The molecule has 2 aromatic carbocycles. The van der Waals surface area contributed by atoms with Gasteiger partial charge in [-0.3, -0.25) is 9.97 Å². The molecule has 0 aliphatic heterocycles. The van der Waals surface area contributed by atoms with Crippen LogP contribution in [0.4, 0.5) is 20.4 Å². The number of alkyl halides is 2. The second kappa shape index (κ2) is 20.4. The summed E-state index contributed by atoms with van der Waals surface area (Å²) in [5, 5.41) is 27.0. The van der Waals surface area contributed by atoms with Gasteiger partial charge >= 0.3 is 11.9 Å². The molecule has 0 spiro atoms. The third-order valence-corrected chi connectivity index (χ3v) is 13.5. The van der Waals surface area contributed by atoms with Crippen LogP contribution in [0, 0.1) is 11.8 Å². The maximum absolute atomic E-state index is 13.9. The summed E-state index contributed by atoms with van der Waals surface area (Å²) in [6.07, 6.45) is 7.86. The van der Waals surface area contributed by atoms with Gasteiger partial charge in [-0.15, -0.1) is 12.4 Å². The first-order chi connectivity index (χ1) is 32.4. The van der Waals surface area contributed by atoms with E-state index < -0.39 is 36.1 Å². The highest BCUT2D eigenvalue weighted by Crippen LogP contribution is 2.42. The van der Waals surface area contributed by atoms with Crippen molar-refractivity contribution in [2.24, 2.45) is 11.8 Å². The van der Waals surface area contributed by atoms with E-state index in [1.54, 1.807) is 23.1 Å². The summed E-state index contributed by atoms with van der Waals surface area (Å²) in [7, 11) is 0. The van der Waals surface area contributed by atoms with Crippen molar-refractivity contribution in [2.75, 3.05) is 11.5 Å². The fourth-order valence-electron chi connectivity index (χ4n) is 9.37. The minimum atomic E-state index is -1.84. The van der Waals surface area contributed by atoms with E-state index in [0.29, 0.717) is 79.2 Å². The van der Waals surface area contributed by atoms with Gasteiger partial charge < -0.3 is 21.7 Å². The number of halogens is 4. The van der Waals surface area contributed by atoms with Crippen LogP contribution in [0.25, 0.3) is 56.1 Å². The summed E-state index contributed by atoms with van der Waals surface area (Å²) in [5.74, 6) is -2.87. The highest BCUT2D eigenvalue weighted by molar-refractivity contribution is 6.33. The van der Waals surface area contributed by atoms with Crippen LogP contribution in [0.3, 0.4) is 0 Å². The highest BCUT2D eigenvalue weighted by Gasteiger charge is 2.35. The van der Waals surface area contributed by atoms with E-state index in [-0.39, 0.29) is 30.1 Å². The Bertz CT molecular complexity index is 3040. The number of nitrogen functional groups attached to an aromatic ring is 2. The molecule has 10 rings (SSSR count). The number of pyridine rings is 2. The lowest BCUT2D eigenvalue weighted by Crippen LogP contribution is -2.28. The molecule has 2 aliphatic carbocycles. The van der Waals surface area contributed by atoms with Gasteiger partial charge in [0.05, 0.1) is 29.5 Å². The average Bonchev–Trinajstić information content (AvgIpc) is 4.01. The molecule has 6 heterocycles. The van der Waals surface area contributed by atoms with Gasteiger partial charge in [-0.05, 0) is 63.5 Å². The molecule has 18 heteroatoms. The van der Waals surface area contributed by atoms with Gasteiger partial charge in [0.2, 0.25) is 0 Å². The Kier molecular flexibility index (Phi) is 14.3. The first-order valence-electron chi connectivity index (χ1n) is 22.2. The topological polar surface area (TPSA) is 213 Å². The Morgan fingerprint density at radius 3 is 1.51 bits per heavy atom. The molecule has 6 aromatic heterocycles. The minimum absolute atomic E-state index is 0. The zero-order chi connectivity index (χ0) is 46.8. The summed E-state index contributed by atoms with van der Waals surface area (Å²) >= 11 is 6.57. The van der Waals surface area contributed by atoms with Crippen molar-refractivity contribution in [1.29, 1.82) is 0 Å². The SMILES string of the molecule is Cl.Nc1c(Cl)c(C2CCC(C(F)C(=O)O)CC2)nc2c(-c3ccc(-c4ccccc4)nc3)cnn12.Nc1cc(C2CCC(C(F)C(=O)O)CC2)nc2c(-c3ccc(-c4ccccc4)nc3)cnn12. The number of benzene rings is 2. The lowest BCUT2D eigenvalue weighted by atomic mass is 9.78. The van der Waals surface area contributed by atoms with Crippen LogP contribution < -0.4 is 11.5 Å². The smallest absolute Gasteiger partial charge is 0.338 e. The number of carboxylic acids is 2. The van der Waals surface area contributed by atoms with Crippen molar-refractivity contribution >= 4 is 58.9 Å². The molecule has 14 nitrogen and oxygen atoms in total. The number of aliphatic carboxylic acids is 2. The Hall–Kier alpha value is -7.04. The van der Waals surface area contributed by atoms with Crippen LogP contribution >= 0.6 is 24.0 Å². The zero-order valence-electron chi connectivity index (χ0n) is 36.6. The van der Waals surface area contributed by atoms with E-state index in [1.807, 2.05) is 97.2 Å². The molecule has 0 radical (unpaired) electrons. The standard InChI is InChI=1S/C25H23ClFN5O2.C25H24FN5O2.ClH/c26-20-22(16-8-6-15(7-9-16)21(27)25(33)34)31-24-18(13-30-32(24)23(20)28)17-10-11-19(29-12-17)14-4-2-1-3-5-14;26-23(25(32)33)17-8-6-16(7-9-17)21-12-22(27)31-24(30-21)19(14-29-31)18-10-11-20(28-13-18)15-4-2-1-3-5-15;/h1-5,10-13,15-16,21H,6-9,28H2,(H,33,34);1-5,10-14,16-17,23H,6-9,27H2,(H,32,33);1H. The van der Waals surface area contributed by atoms with E-state index in [1.165, 1.54) is 4.52 Å². The number of carbonyl (C=O) groups is 2. The number of aromatic nitrogens is 8. The second-order valence-electron chi connectivity index (χ2n) is 17.2. The number of hydrogen-bond acceptors (Lipinski definition) is 10.